The van der Waals surface area contributed by atoms with Crippen molar-refractivity contribution in [1.82, 2.24) is 9.88 Å². The van der Waals surface area contributed by atoms with E-state index in [1.165, 1.54) is 16.6 Å². The molecule has 0 unspecified atom stereocenters. The van der Waals surface area contributed by atoms with Gasteiger partial charge in [-0.25, -0.2) is 0 Å². The molecule has 1 aliphatic heterocycles. The fourth-order valence-electron chi connectivity index (χ4n) is 3.41. The van der Waals surface area contributed by atoms with Gasteiger partial charge in [0.1, 0.15) is 5.75 Å². The number of hydrogen-bond donors (Lipinski definition) is 1. The highest BCUT2D eigenvalue weighted by atomic mass is 35.5. The lowest BCUT2D eigenvalue weighted by molar-refractivity contribution is 0.415. The van der Waals surface area contributed by atoms with Crippen LogP contribution in [0, 0.1) is 0 Å². The van der Waals surface area contributed by atoms with Gasteiger partial charge in [0, 0.05) is 42.8 Å². The third-order valence-corrected chi connectivity index (χ3v) is 5.20. The van der Waals surface area contributed by atoms with E-state index in [1.54, 1.807) is 19.2 Å². The molecule has 0 amide bonds. The molecule has 2 aromatic carbocycles. The topological polar surface area (TPSA) is 26.2 Å². The number of rotatable bonds is 2. The van der Waals surface area contributed by atoms with Crippen LogP contribution in [-0.4, -0.2) is 24.8 Å². The summed E-state index contributed by atoms with van der Waals surface area (Å²) >= 11 is 12.9. The molecule has 1 N–H and O–H groups in total. The van der Waals surface area contributed by atoms with Crippen LogP contribution >= 0.6 is 23.2 Å². The molecule has 0 fully saturated rings. The van der Waals surface area contributed by atoms with Gasteiger partial charge in [-0.05, 0) is 35.2 Å². The monoisotopic (exact) mass is 360 g/mol. The maximum absolute atomic E-state index is 6.46. The molecule has 124 valence electrons. The largest absolute Gasteiger partial charge is 0.497 e. The highest BCUT2D eigenvalue weighted by molar-refractivity contribution is 6.39. The lowest BCUT2D eigenvalue weighted by Crippen LogP contribution is -2.17. The average molecular weight is 361 g/mol. The molecule has 0 bridgehead atoms. The molecular weight excluding hydrogens is 343 g/mol. The molecule has 0 radical (unpaired) electrons. The summed E-state index contributed by atoms with van der Waals surface area (Å²) in [7, 11) is 1.61. The van der Waals surface area contributed by atoms with Crippen LogP contribution < -0.4 is 10.1 Å². The molecule has 5 heteroatoms. The van der Waals surface area contributed by atoms with E-state index >= 15 is 0 Å². The predicted molar refractivity (Wildman–Crippen MR) is 101 cm³/mol. The number of fused-ring (bicyclic) bond motifs is 3. The molecule has 1 aliphatic rings. The third-order valence-electron chi connectivity index (χ3n) is 4.60. The van der Waals surface area contributed by atoms with Crippen molar-refractivity contribution in [2.75, 3.05) is 20.2 Å². The summed E-state index contributed by atoms with van der Waals surface area (Å²) in [4.78, 5) is 0. The minimum absolute atomic E-state index is 0.600. The molecule has 4 rings (SSSR count). The molecule has 24 heavy (non-hydrogen) atoms. The van der Waals surface area contributed by atoms with Crippen LogP contribution in [-0.2, 0) is 13.0 Å². The number of benzene rings is 2. The fraction of sp³-hybridized carbons (Fsp3) is 0.263. The minimum Gasteiger partial charge on any atom is -0.497 e. The van der Waals surface area contributed by atoms with E-state index in [4.69, 9.17) is 27.9 Å². The molecule has 0 saturated carbocycles. The van der Waals surface area contributed by atoms with Gasteiger partial charge in [0.15, 0.2) is 0 Å². The Bertz CT molecular complexity index is 894. The first kappa shape index (κ1) is 15.8. The summed E-state index contributed by atoms with van der Waals surface area (Å²) in [6, 6.07) is 12.3. The van der Waals surface area contributed by atoms with Crippen LogP contribution in [0.1, 0.15) is 5.69 Å². The third kappa shape index (κ3) is 2.67. The van der Waals surface area contributed by atoms with Gasteiger partial charge < -0.3 is 14.6 Å². The minimum atomic E-state index is 0.600. The van der Waals surface area contributed by atoms with Crippen molar-refractivity contribution in [1.29, 1.82) is 0 Å². The SMILES string of the molecule is COc1cc(Cl)c(-c2ccc3cc4n(c3c2)CCNCC4)c(Cl)c1. The van der Waals surface area contributed by atoms with Crippen molar-refractivity contribution < 1.29 is 4.74 Å². The Kier molecular flexibility index (Phi) is 4.17. The zero-order valence-corrected chi connectivity index (χ0v) is 14.9. The van der Waals surface area contributed by atoms with Crippen molar-refractivity contribution in [3.63, 3.8) is 0 Å². The number of aromatic nitrogens is 1. The van der Waals surface area contributed by atoms with E-state index in [0.29, 0.717) is 15.8 Å². The Morgan fingerprint density at radius 3 is 2.58 bits per heavy atom. The summed E-state index contributed by atoms with van der Waals surface area (Å²) in [5.41, 5.74) is 4.48. The predicted octanol–water partition coefficient (Wildman–Crippen LogP) is 4.77. The van der Waals surface area contributed by atoms with Gasteiger partial charge in [0.25, 0.3) is 0 Å². The standard InChI is InChI=1S/C19H18Cl2N2O/c1-24-15-10-16(20)19(17(21)11-15)13-3-2-12-8-14-4-5-22-6-7-23(14)18(12)9-13/h2-3,8-11,22H,4-7H2,1H3. The molecule has 0 aliphatic carbocycles. The Morgan fingerprint density at radius 1 is 1.04 bits per heavy atom. The first-order valence-electron chi connectivity index (χ1n) is 8.03. The zero-order valence-electron chi connectivity index (χ0n) is 13.4. The van der Waals surface area contributed by atoms with Gasteiger partial charge in [0.2, 0.25) is 0 Å². The number of ether oxygens (including phenoxy) is 1. The summed E-state index contributed by atoms with van der Waals surface area (Å²) in [6.45, 7) is 3.00. The quantitative estimate of drug-likeness (QED) is 0.712. The van der Waals surface area contributed by atoms with Crippen molar-refractivity contribution in [3.05, 3.63) is 52.1 Å². The van der Waals surface area contributed by atoms with Gasteiger partial charge in [-0.3, -0.25) is 0 Å². The molecule has 3 nitrogen and oxygen atoms in total. The van der Waals surface area contributed by atoms with E-state index in [-0.39, 0.29) is 0 Å². The Hall–Kier alpha value is -1.68. The molecule has 0 saturated heterocycles. The number of hydrogen-bond acceptors (Lipinski definition) is 2. The highest BCUT2D eigenvalue weighted by Gasteiger charge is 2.15. The van der Waals surface area contributed by atoms with E-state index in [1.807, 2.05) is 0 Å². The second-order valence-electron chi connectivity index (χ2n) is 6.03. The number of halogens is 2. The molecule has 0 atom stereocenters. The molecule has 0 spiro atoms. The number of methoxy groups -OCH3 is 1. The zero-order chi connectivity index (χ0) is 16.7. The Morgan fingerprint density at radius 2 is 1.83 bits per heavy atom. The normalized spacial score (nSPS) is 14.5. The van der Waals surface area contributed by atoms with Gasteiger partial charge in [-0.1, -0.05) is 35.3 Å². The van der Waals surface area contributed by atoms with Gasteiger partial charge in [0.05, 0.1) is 17.2 Å². The maximum atomic E-state index is 6.46. The van der Waals surface area contributed by atoms with E-state index < -0.39 is 0 Å². The summed E-state index contributed by atoms with van der Waals surface area (Å²) in [5.74, 6) is 0.664. The average Bonchev–Trinajstić information content (AvgIpc) is 2.75. The van der Waals surface area contributed by atoms with Crippen LogP contribution in [0.2, 0.25) is 10.0 Å². The van der Waals surface area contributed by atoms with Gasteiger partial charge in [-0.2, -0.15) is 0 Å². The highest BCUT2D eigenvalue weighted by Crippen LogP contribution is 2.39. The first-order chi connectivity index (χ1) is 11.7. The van der Waals surface area contributed by atoms with Crippen molar-refractivity contribution in [2.45, 2.75) is 13.0 Å². The smallest absolute Gasteiger partial charge is 0.121 e. The van der Waals surface area contributed by atoms with Crippen molar-refractivity contribution >= 4 is 34.1 Å². The fourth-order valence-corrected chi connectivity index (χ4v) is 4.10. The van der Waals surface area contributed by atoms with Crippen LogP contribution in [0.3, 0.4) is 0 Å². The lowest BCUT2D eigenvalue weighted by atomic mass is 10.0. The van der Waals surface area contributed by atoms with Crippen LogP contribution in [0.15, 0.2) is 36.4 Å². The maximum Gasteiger partial charge on any atom is 0.121 e. The van der Waals surface area contributed by atoms with Crippen LogP contribution in [0.4, 0.5) is 0 Å². The van der Waals surface area contributed by atoms with Crippen molar-refractivity contribution in [3.8, 4) is 16.9 Å². The molecule has 2 heterocycles. The van der Waals surface area contributed by atoms with Gasteiger partial charge >= 0.3 is 0 Å². The number of nitrogens with one attached hydrogen (secondary N) is 1. The first-order valence-corrected chi connectivity index (χ1v) is 8.79. The second-order valence-corrected chi connectivity index (χ2v) is 6.84. The molecule has 1 aromatic heterocycles. The van der Waals surface area contributed by atoms with Crippen LogP contribution in [0.5, 0.6) is 5.75 Å². The van der Waals surface area contributed by atoms with Gasteiger partial charge in [-0.15, -0.1) is 0 Å². The second kappa shape index (κ2) is 6.32. The molecular formula is C19H18Cl2N2O. The number of nitrogens with zero attached hydrogens (tertiary/aromatic N) is 1. The summed E-state index contributed by atoms with van der Waals surface area (Å²) < 4.78 is 7.63. The Labute approximate surface area is 151 Å². The summed E-state index contributed by atoms with van der Waals surface area (Å²) in [5, 5.41) is 5.91. The summed E-state index contributed by atoms with van der Waals surface area (Å²) in [6.07, 6.45) is 1.05. The van der Waals surface area contributed by atoms with E-state index in [9.17, 15) is 0 Å². The van der Waals surface area contributed by atoms with Crippen molar-refractivity contribution in [2.24, 2.45) is 0 Å². The van der Waals surface area contributed by atoms with E-state index in [2.05, 4.69) is 34.1 Å². The van der Waals surface area contributed by atoms with E-state index in [0.717, 1.165) is 37.2 Å². The lowest BCUT2D eigenvalue weighted by Gasteiger charge is -2.11. The Balaban J connectivity index is 1.88. The van der Waals surface area contributed by atoms with Crippen LogP contribution in [0.25, 0.3) is 22.0 Å². The molecule has 3 aromatic rings.